The summed E-state index contributed by atoms with van der Waals surface area (Å²) in [6.45, 7) is 6.02. The van der Waals surface area contributed by atoms with Crippen LogP contribution in [-0.2, 0) is 16.1 Å². The molecule has 4 rings (SSSR count). The second-order valence-corrected chi connectivity index (χ2v) is 10.7. The lowest BCUT2D eigenvalue weighted by molar-refractivity contribution is -0.137. The van der Waals surface area contributed by atoms with Gasteiger partial charge in [-0.05, 0) is 79.9 Å². The normalized spacial score (nSPS) is 11.5. The first-order valence-corrected chi connectivity index (χ1v) is 14.1. The van der Waals surface area contributed by atoms with Gasteiger partial charge in [0, 0.05) is 28.6 Å². The van der Waals surface area contributed by atoms with Crippen LogP contribution >= 0.6 is 23.4 Å². The molecule has 0 spiro atoms. The molecule has 7 nitrogen and oxygen atoms in total. The number of ether oxygens (including phenoxy) is 1. The summed E-state index contributed by atoms with van der Waals surface area (Å²) < 4.78 is 5.24. The van der Waals surface area contributed by atoms with Crippen molar-refractivity contribution in [3.05, 3.63) is 112 Å². The first-order valence-electron chi connectivity index (χ1n) is 12.7. The number of carbonyl (C=O) groups is 2. The number of anilines is 1. The highest BCUT2D eigenvalue weighted by Crippen LogP contribution is 2.29. The Morgan fingerprint density at radius 2 is 1.60 bits per heavy atom. The zero-order valence-electron chi connectivity index (χ0n) is 22.8. The van der Waals surface area contributed by atoms with Crippen LogP contribution in [0.3, 0.4) is 0 Å². The number of halogens is 1. The molecule has 0 aliphatic heterocycles. The van der Waals surface area contributed by atoms with Gasteiger partial charge in [-0.25, -0.2) is 9.97 Å². The van der Waals surface area contributed by atoms with Crippen molar-refractivity contribution in [1.82, 2.24) is 14.9 Å². The Balaban J connectivity index is 1.70. The molecule has 3 aromatic carbocycles. The molecule has 0 saturated carbocycles. The van der Waals surface area contributed by atoms with Crippen LogP contribution in [0.4, 0.5) is 5.69 Å². The van der Waals surface area contributed by atoms with Crippen LogP contribution in [0.1, 0.15) is 34.1 Å². The minimum Gasteiger partial charge on any atom is -0.497 e. The van der Waals surface area contributed by atoms with E-state index in [4.69, 9.17) is 16.3 Å². The molecule has 0 aliphatic carbocycles. The zero-order valence-corrected chi connectivity index (χ0v) is 24.4. The Bertz CT molecular complexity index is 1460. The summed E-state index contributed by atoms with van der Waals surface area (Å²) >= 11 is 7.43. The van der Waals surface area contributed by atoms with Crippen molar-refractivity contribution in [2.24, 2.45) is 0 Å². The van der Waals surface area contributed by atoms with Crippen molar-refractivity contribution in [1.29, 1.82) is 0 Å². The first-order chi connectivity index (χ1) is 19.2. The SMILES string of the molecule is COc1ccc(NC(=O)C(c2ccc(Cl)cc2)N(Cc2ccccc2C)C(=O)CSc2nc(C)cc(C)n2)cc1. The standard InChI is InChI=1S/C31H31ClN4O3S/c1-20-7-5-6-8-24(20)18-36(28(37)19-40-31-33-21(2)17-22(3)34-31)29(23-9-11-25(32)12-10-23)30(38)35-26-13-15-27(39-4)16-14-26/h5-17,29H,18-19H2,1-4H3,(H,35,38). The van der Waals surface area contributed by atoms with E-state index in [9.17, 15) is 9.59 Å². The molecule has 0 radical (unpaired) electrons. The molecule has 9 heteroatoms. The van der Waals surface area contributed by atoms with E-state index in [0.29, 0.717) is 27.2 Å². The number of aromatic nitrogens is 2. The van der Waals surface area contributed by atoms with Gasteiger partial charge in [0.05, 0.1) is 12.9 Å². The highest BCUT2D eigenvalue weighted by Gasteiger charge is 2.32. The van der Waals surface area contributed by atoms with Crippen molar-refractivity contribution in [3.63, 3.8) is 0 Å². The minimum absolute atomic E-state index is 0.0642. The third kappa shape index (κ3) is 7.61. The number of nitrogens with one attached hydrogen (secondary N) is 1. The lowest BCUT2D eigenvalue weighted by atomic mass is 10.0. The van der Waals surface area contributed by atoms with E-state index in [2.05, 4.69) is 15.3 Å². The summed E-state index contributed by atoms with van der Waals surface area (Å²) in [7, 11) is 1.58. The molecule has 0 bridgehead atoms. The first kappa shape index (κ1) is 29.1. The van der Waals surface area contributed by atoms with Gasteiger partial charge < -0.3 is 15.0 Å². The molecule has 0 fully saturated rings. The van der Waals surface area contributed by atoms with E-state index in [0.717, 1.165) is 22.5 Å². The van der Waals surface area contributed by atoms with Crippen LogP contribution in [0.2, 0.25) is 5.02 Å². The second kappa shape index (κ2) is 13.5. The van der Waals surface area contributed by atoms with Gasteiger partial charge in [-0.2, -0.15) is 0 Å². The van der Waals surface area contributed by atoms with Crippen molar-refractivity contribution in [3.8, 4) is 5.75 Å². The number of rotatable bonds is 10. The maximum atomic E-state index is 14.0. The van der Waals surface area contributed by atoms with Gasteiger partial charge in [-0.15, -0.1) is 0 Å². The van der Waals surface area contributed by atoms with Gasteiger partial charge >= 0.3 is 0 Å². The molecule has 2 amide bonds. The number of amides is 2. The molecule has 206 valence electrons. The molecule has 4 aromatic rings. The summed E-state index contributed by atoms with van der Waals surface area (Å²) in [6.07, 6.45) is 0. The fraction of sp³-hybridized carbons (Fsp3) is 0.226. The third-order valence-corrected chi connectivity index (χ3v) is 7.40. The number of nitrogens with zero attached hydrogens (tertiary/aromatic N) is 3. The summed E-state index contributed by atoms with van der Waals surface area (Å²) in [6, 6.07) is 22.9. The van der Waals surface area contributed by atoms with Crippen LogP contribution < -0.4 is 10.1 Å². The van der Waals surface area contributed by atoms with Crippen LogP contribution in [-0.4, -0.2) is 39.5 Å². The summed E-state index contributed by atoms with van der Waals surface area (Å²) in [5, 5.41) is 4.04. The van der Waals surface area contributed by atoms with Gasteiger partial charge in [0.2, 0.25) is 5.91 Å². The molecule has 0 aliphatic rings. The molecule has 1 aromatic heterocycles. The highest BCUT2D eigenvalue weighted by molar-refractivity contribution is 7.99. The van der Waals surface area contributed by atoms with Gasteiger partial charge in [-0.1, -0.05) is 59.8 Å². The van der Waals surface area contributed by atoms with Crippen molar-refractivity contribution < 1.29 is 14.3 Å². The van der Waals surface area contributed by atoms with E-state index < -0.39 is 6.04 Å². The average molecular weight is 575 g/mol. The predicted molar refractivity (Wildman–Crippen MR) is 160 cm³/mol. The minimum atomic E-state index is -0.924. The molecule has 1 unspecified atom stereocenters. The number of thioether (sulfide) groups is 1. The van der Waals surface area contributed by atoms with E-state index in [-0.39, 0.29) is 24.1 Å². The number of benzene rings is 3. The topological polar surface area (TPSA) is 84.4 Å². The Morgan fingerprint density at radius 1 is 0.950 bits per heavy atom. The number of methoxy groups -OCH3 is 1. The number of hydrogen-bond acceptors (Lipinski definition) is 6. The molecule has 1 heterocycles. The molecular formula is C31H31ClN4O3S. The highest BCUT2D eigenvalue weighted by atomic mass is 35.5. The van der Waals surface area contributed by atoms with Gasteiger partial charge in [0.25, 0.3) is 5.91 Å². The van der Waals surface area contributed by atoms with Crippen LogP contribution in [0.15, 0.2) is 84.0 Å². The lowest BCUT2D eigenvalue weighted by Crippen LogP contribution is -2.42. The smallest absolute Gasteiger partial charge is 0.251 e. The van der Waals surface area contributed by atoms with E-state index in [1.807, 2.05) is 51.1 Å². The maximum Gasteiger partial charge on any atom is 0.251 e. The Labute approximate surface area is 243 Å². The van der Waals surface area contributed by atoms with Gasteiger partial charge in [-0.3, -0.25) is 9.59 Å². The number of hydrogen-bond donors (Lipinski definition) is 1. The average Bonchev–Trinajstić information content (AvgIpc) is 2.93. The number of aryl methyl sites for hydroxylation is 3. The Morgan fingerprint density at radius 3 is 2.23 bits per heavy atom. The summed E-state index contributed by atoms with van der Waals surface area (Å²) in [4.78, 5) is 38.4. The zero-order chi connectivity index (χ0) is 28.6. The summed E-state index contributed by atoms with van der Waals surface area (Å²) in [5.74, 6) is 0.173. The van der Waals surface area contributed by atoms with Gasteiger partial charge in [0.15, 0.2) is 5.16 Å². The van der Waals surface area contributed by atoms with E-state index in [1.165, 1.54) is 11.8 Å². The van der Waals surface area contributed by atoms with Crippen molar-refractivity contribution in [2.45, 2.75) is 38.5 Å². The Hall–Kier alpha value is -3.88. The van der Waals surface area contributed by atoms with E-state index >= 15 is 0 Å². The van der Waals surface area contributed by atoms with E-state index in [1.54, 1.807) is 60.5 Å². The molecule has 40 heavy (non-hydrogen) atoms. The van der Waals surface area contributed by atoms with Crippen molar-refractivity contribution >= 4 is 40.9 Å². The predicted octanol–water partition coefficient (Wildman–Crippen LogP) is 6.56. The number of carbonyl (C=O) groups excluding carboxylic acids is 2. The molecular weight excluding hydrogens is 544 g/mol. The van der Waals surface area contributed by atoms with Crippen molar-refractivity contribution in [2.75, 3.05) is 18.2 Å². The molecule has 1 atom stereocenters. The lowest BCUT2D eigenvalue weighted by Gasteiger charge is -2.32. The van der Waals surface area contributed by atoms with Gasteiger partial charge in [0.1, 0.15) is 11.8 Å². The monoisotopic (exact) mass is 574 g/mol. The largest absolute Gasteiger partial charge is 0.497 e. The summed E-state index contributed by atoms with van der Waals surface area (Å²) in [5.41, 5.74) is 4.86. The fourth-order valence-electron chi connectivity index (χ4n) is 4.26. The molecule has 0 saturated heterocycles. The van der Waals surface area contributed by atoms with Crippen LogP contribution in [0.25, 0.3) is 0 Å². The quantitative estimate of drug-likeness (QED) is 0.170. The third-order valence-electron chi connectivity index (χ3n) is 6.31. The fourth-order valence-corrected chi connectivity index (χ4v) is 5.23. The molecule has 1 N–H and O–H groups in total. The second-order valence-electron chi connectivity index (χ2n) is 9.34. The van der Waals surface area contributed by atoms with Crippen LogP contribution in [0, 0.1) is 20.8 Å². The van der Waals surface area contributed by atoms with Crippen LogP contribution in [0.5, 0.6) is 5.75 Å². The maximum absolute atomic E-state index is 14.0. The Kier molecular flexibility index (Phi) is 9.79.